The van der Waals surface area contributed by atoms with Crippen LogP contribution in [0.5, 0.6) is 0 Å². The van der Waals surface area contributed by atoms with E-state index < -0.39 is 0 Å². The Morgan fingerprint density at radius 1 is 1.47 bits per heavy atom. The highest BCUT2D eigenvalue weighted by Crippen LogP contribution is 2.18. The van der Waals surface area contributed by atoms with Gasteiger partial charge >= 0.3 is 0 Å². The van der Waals surface area contributed by atoms with E-state index >= 15 is 0 Å². The standard InChI is InChI=1S/C12H13N3OS/c1-7-3-4-9(5-14-7)11(16)10-6-17-12(15-10)8(2)13/h3-6,8H,13H2,1-2H3. The van der Waals surface area contributed by atoms with Gasteiger partial charge in [-0.15, -0.1) is 11.3 Å². The zero-order valence-electron chi connectivity index (χ0n) is 9.68. The predicted molar refractivity (Wildman–Crippen MR) is 67.1 cm³/mol. The molecule has 0 aliphatic carbocycles. The lowest BCUT2D eigenvalue weighted by molar-refractivity contribution is 0.103. The van der Waals surface area contributed by atoms with Crippen LogP contribution in [0.4, 0.5) is 0 Å². The topological polar surface area (TPSA) is 68.9 Å². The number of hydrogen-bond acceptors (Lipinski definition) is 5. The first-order valence-electron chi connectivity index (χ1n) is 5.26. The average molecular weight is 247 g/mol. The van der Waals surface area contributed by atoms with Crippen LogP contribution in [-0.2, 0) is 0 Å². The van der Waals surface area contributed by atoms with Crippen molar-refractivity contribution in [2.75, 3.05) is 0 Å². The summed E-state index contributed by atoms with van der Waals surface area (Å²) in [6.45, 7) is 3.73. The molecule has 2 N–H and O–H groups in total. The first-order valence-corrected chi connectivity index (χ1v) is 6.14. The fraction of sp³-hybridized carbons (Fsp3) is 0.250. The Labute approximate surface area is 104 Å². The maximum atomic E-state index is 12.1. The number of carbonyl (C=O) groups is 1. The van der Waals surface area contributed by atoms with E-state index in [0.717, 1.165) is 10.7 Å². The summed E-state index contributed by atoms with van der Waals surface area (Å²) in [5, 5.41) is 2.51. The molecule has 17 heavy (non-hydrogen) atoms. The molecule has 2 rings (SSSR count). The lowest BCUT2D eigenvalue weighted by Gasteiger charge is -1.99. The zero-order valence-corrected chi connectivity index (χ0v) is 10.5. The number of hydrogen-bond donors (Lipinski definition) is 1. The molecular formula is C12H13N3OS. The van der Waals surface area contributed by atoms with Gasteiger partial charge in [0.2, 0.25) is 5.78 Å². The first-order chi connectivity index (χ1) is 8.08. The summed E-state index contributed by atoms with van der Waals surface area (Å²) in [5.41, 5.74) is 7.59. The summed E-state index contributed by atoms with van der Waals surface area (Å²) in [4.78, 5) is 20.4. The summed E-state index contributed by atoms with van der Waals surface area (Å²) >= 11 is 1.41. The normalized spacial score (nSPS) is 12.4. The van der Waals surface area contributed by atoms with Crippen molar-refractivity contribution in [1.29, 1.82) is 0 Å². The minimum Gasteiger partial charge on any atom is -0.322 e. The highest BCUT2D eigenvalue weighted by Gasteiger charge is 2.14. The van der Waals surface area contributed by atoms with Crippen LogP contribution >= 0.6 is 11.3 Å². The van der Waals surface area contributed by atoms with Crippen LogP contribution in [0.2, 0.25) is 0 Å². The number of thiazole rings is 1. The number of rotatable bonds is 3. The Morgan fingerprint density at radius 3 is 2.76 bits per heavy atom. The Morgan fingerprint density at radius 2 is 2.24 bits per heavy atom. The molecule has 2 aromatic heterocycles. The van der Waals surface area contributed by atoms with Crippen molar-refractivity contribution in [3.8, 4) is 0 Å². The van der Waals surface area contributed by atoms with Gasteiger partial charge in [-0.3, -0.25) is 9.78 Å². The highest BCUT2D eigenvalue weighted by molar-refractivity contribution is 7.09. The monoisotopic (exact) mass is 247 g/mol. The van der Waals surface area contributed by atoms with Gasteiger partial charge in [0.25, 0.3) is 0 Å². The smallest absolute Gasteiger partial charge is 0.213 e. The fourth-order valence-electron chi connectivity index (χ4n) is 1.35. The van der Waals surface area contributed by atoms with E-state index in [9.17, 15) is 4.79 Å². The third kappa shape index (κ3) is 2.57. The van der Waals surface area contributed by atoms with Crippen molar-refractivity contribution in [1.82, 2.24) is 9.97 Å². The van der Waals surface area contributed by atoms with Gasteiger partial charge in [-0.2, -0.15) is 0 Å². The molecule has 0 spiro atoms. The lowest BCUT2D eigenvalue weighted by Crippen LogP contribution is -2.07. The van der Waals surface area contributed by atoms with Gasteiger partial charge in [0, 0.05) is 22.8 Å². The SMILES string of the molecule is Cc1ccc(C(=O)c2csc(C(C)N)n2)cn1. The van der Waals surface area contributed by atoms with Gasteiger partial charge in [-0.05, 0) is 26.0 Å². The molecule has 4 nitrogen and oxygen atoms in total. The number of pyridine rings is 1. The second kappa shape index (κ2) is 4.73. The first kappa shape index (κ1) is 11.9. The van der Waals surface area contributed by atoms with Gasteiger partial charge in [-0.25, -0.2) is 4.98 Å². The Hall–Kier alpha value is -1.59. The number of aromatic nitrogens is 2. The lowest BCUT2D eigenvalue weighted by atomic mass is 10.1. The molecule has 2 aromatic rings. The van der Waals surface area contributed by atoms with Crippen LogP contribution in [0, 0.1) is 6.92 Å². The molecular weight excluding hydrogens is 234 g/mol. The van der Waals surface area contributed by atoms with Crippen molar-refractivity contribution in [2.45, 2.75) is 19.9 Å². The molecule has 1 unspecified atom stereocenters. The van der Waals surface area contributed by atoms with Gasteiger partial charge in [-0.1, -0.05) is 0 Å². The van der Waals surface area contributed by atoms with Crippen molar-refractivity contribution in [3.63, 3.8) is 0 Å². The maximum Gasteiger partial charge on any atom is 0.213 e. The van der Waals surface area contributed by atoms with Gasteiger partial charge in [0.15, 0.2) is 0 Å². The van der Waals surface area contributed by atoms with Crippen molar-refractivity contribution in [2.24, 2.45) is 5.73 Å². The van der Waals surface area contributed by atoms with Crippen molar-refractivity contribution < 1.29 is 4.79 Å². The number of carbonyl (C=O) groups excluding carboxylic acids is 1. The number of ketones is 1. The molecule has 2 heterocycles. The van der Waals surface area contributed by atoms with Gasteiger partial charge in [0.05, 0.1) is 6.04 Å². The molecule has 0 radical (unpaired) electrons. The molecule has 0 saturated carbocycles. The van der Waals surface area contributed by atoms with Crippen LogP contribution in [0.15, 0.2) is 23.7 Å². The Bertz CT molecular complexity index is 531. The van der Waals surface area contributed by atoms with E-state index in [2.05, 4.69) is 9.97 Å². The average Bonchev–Trinajstić information content (AvgIpc) is 2.78. The van der Waals surface area contributed by atoms with Crippen LogP contribution in [0.3, 0.4) is 0 Å². The molecule has 5 heteroatoms. The highest BCUT2D eigenvalue weighted by atomic mass is 32.1. The molecule has 0 aromatic carbocycles. The second-order valence-corrected chi connectivity index (χ2v) is 4.77. The Kier molecular flexibility index (Phi) is 3.31. The fourth-order valence-corrected chi connectivity index (χ4v) is 2.11. The van der Waals surface area contributed by atoms with Crippen LogP contribution in [0.1, 0.15) is 39.7 Å². The molecule has 0 aliphatic heterocycles. The number of aryl methyl sites for hydroxylation is 1. The van der Waals surface area contributed by atoms with Gasteiger partial charge in [0.1, 0.15) is 10.7 Å². The number of nitrogens with two attached hydrogens (primary N) is 1. The summed E-state index contributed by atoms with van der Waals surface area (Å²) in [6, 6.07) is 3.43. The summed E-state index contributed by atoms with van der Waals surface area (Å²) in [6.07, 6.45) is 1.57. The minimum atomic E-state index is -0.141. The summed E-state index contributed by atoms with van der Waals surface area (Å²) < 4.78 is 0. The van der Waals surface area contributed by atoms with Crippen molar-refractivity contribution in [3.05, 3.63) is 45.7 Å². The third-order valence-corrected chi connectivity index (χ3v) is 3.36. The second-order valence-electron chi connectivity index (χ2n) is 3.88. The van der Waals surface area contributed by atoms with E-state index in [1.807, 2.05) is 19.9 Å². The summed E-state index contributed by atoms with van der Waals surface area (Å²) in [7, 11) is 0. The minimum absolute atomic E-state index is 0.111. The van der Waals surface area contributed by atoms with Crippen LogP contribution < -0.4 is 5.73 Å². The van der Waals surface area contributed by atoms with Crippen LogP contribution in [0.25, 0.3) is 0 Å². The van der Waals surface area contributed by atoms with Gasteiger partial charge < -0.3 is 5.73 Å². The molecule has 0 bridgehead atoms. The van der Waals surface area contributed by atoms with E-state index in [0.29, 0.717) is 11.3 Å². The molecule has 1 atom stereocenters. The quantitative estimate of drug-likeness (QED) is 0.843. The zero-order chi connectivity index (χ0) is 12.4. The number of nitrogens with zero attached hydrogens (tertiary/aromatic N) is 2. The van der Waals surface area contributed by atoms with Crippen LogP contribution in [-0.4, -0.2) is 15.8 Å². The van der Waals surface area contributed by atoms with Crippen molar-refractivity contribution >= 4 is 17.1 Å². The molecule has 0 fully saturated rings. The maximum absolute atomic E-state index is 12.1. The third-order valence-electron chi connectivity index (χ3n) is 2.32. The molecule has 88 valence electrons. The van der Waals surface area contributed by atoms with E-state index in [-0.39, 0.29) is 11.8 Å². The Balaban J connectivity index is 2.27. The summed E-state index contributed by atoms with van der Waals surface area (Å²) in [5.74, 6) is -0.111. The van der Waals surface area contributed by atoms with E-state index in [4.69, 9.17) is 5.73 Å². The predicted octanol–water partition coefficient (Wildman–Crippen LogP) is 2.10. The largest absolute Gasteiger partial charge is 0.322 e. The molecule has 0 aliphatic rings. The molecule has 0 amide bonds. The van der Waals surface area contributed by atoms with E-state index in [1.165, 1.54) is 11.3 Å². The molecule has 0 saturated heterocycles. The van der Waals surface area contributed by atoms with E-state index in [1.54, 1.807) is 17.6 Å².